The number of pyridine rings is 1. The van der Waals surface area contributed by atoms with Crippen LogP contribution < -0.4 is 16.4 Å². The molecular formula is C30H31ClN6O. The minimum atomic E-state index is -0.212. The summed E-state index contributed by atoms with van der Waals surface area (Å²) >= 11 is 6.09. The van der Waals surface area contributed by atoms with Gasteiger partial charge in [0, 0.05) is 35.6 Å². The number of hydrogen-bond acceptors (Lipinski definition) is 6. The van der Waals surface area contributed by atoms with Crippen LogP contribution in [-0.4, -0.2) is 40.2 Å². The summed E-state index contributed by atoms with van der Waals surface area (Å²) in [6, 6.07) is 18.8. The summed E-state index contributed by atoms with van der Waals surface area (Å²) in [5, 5.41) is 12.2. The first-order valence-electron chi connectivity index (χ1n) is 12.8. The van der Waals surface area contributed by atoms with E-state index in [9.17, 15) is 4.79 Å². The Balaban J connectivity index is 1.23. The molecule has 2 heterocycles. The third kappa shape index (κ3) is 5.79. The predicted molar refractivity (Wildman–Crippen MR) is 154 cm³/mol. The molecule has 1 atom stereocenters. The molecule has 0 spiro atoms. The average Bonchev–Trinajstić information content (AvgIpc) is 3.26. The van der Waals surface area contributed by atoms with Crippen molar-refractivity contribution in [2.45, 2.75) is 19.8 Å². The highest BCUT2D eigenvalue weighted by Crippen LogP contribution is 2.29. The Hall–Kier alpha value is -3.94. The van der Waals surface area contributed by atoms with Gasteiger partial charge in [0.05, 0.1) is 5.69 Å². The smallest absolute Gasteiger partial charge is 0.215 e. The van der Waals surface area contributed by atoms with E-state index in [1.807, 2.05) is 43.5 Å². The molecular weight excluding hydrogens is 496 g/mol. The van der Waals surface area contributed by atoms with Crippen LogP contribution in [0.25, 0.3) is 11.8 Å². The van der Waals surface area contributed by atoms with Gasteiger partial charge in [0.15, 0.2) is 11.5 Å². The molecule has 1 aliphatic carbocycles. The van der Waals surface area contributed by atoms with E-state index in [0.717, 1.165) is 42.9 Å². The van der Waals surface area contributed by atoms with Crippen LogP contribution in [0.15, 0.2) is 72.9 Å². The molecule has 38 heavy (non-hydrogen) atoms. The monoisotopic (exact) mass is 526 g/mol. The summed E-state index contributed by atoms with van der Waals surface area (Å²) in [5.74, 6) is 0.819. The zero-order valence-corrected chi connectivity index (χ0v) is 22.1. The molecule has 5 rings (SSSR count). The Morgan fingerprint density at radius 3 is 2.68 bits per heavy atom. The third-order valence-corrected chi connectivity index (χ3v) is 6.93. The molecule has 8 heteroatoms. The Morgan fingerprint density at radius 1 is 1.11 bits per heavy atom. The highest BCUT2D eigenvalue weighted by atomic mass is 35.5. The van der Waals surface area contributed by atoms with Crippen LogP contribution in [0, 0.1) is 12.8 Å². The first kappa shape index (κ1) is 25.7. The number of aryl methyl sites for hydroxylation is 1. The molecule has 1 unspecified atom stereocenters. The van der Waals surface area contributed by atoms with E-state index in [1.54, 1.807) is 28.9 Å². The number of benzene rings is 2. The zero-order valence-electron chi connectivity index (χ0n) is 21.3. The van der Waals surface area contributed by atoms with Gasteiger partial charge in [-0.25, -0.2) is 4.68 Å². The number of anilines is 2. The second-order valence-electron chi connectivity index (χ2n) is 9.54. The van der Waals surface area contributed by atoms with E-state index in [2.05, 4.69) is 38.9 Å². The summed E-state index contributed by atoms with van der Waals surface area (Å²) in [6.45, 7) is 4.39. The molecule has 0 fully saturated rings. The highest BCUT2D eigenvalue weighted by molar-refractivity contribution is 6.30. The fourth-order valence-corrected chi connectivity index (χ4v) is 4.68. The van der Waals surface area contributed by atoms with Crippen molar-refractivity contribution in [1.82, 2.24) is 20.1 Å². The SMILES string of the molecule is Cc1ccc(C(=O)c2nn(-c3ccc(Cl)cc3)c(NCCCNCC3C=Cc4cccnc4C3)c2N)cc1. The number of nitrogens with two attached hydrogens (primary N) is 1. The number of nitrogen functional groups attached to an aromatic ring is 1. The van der Waals surface area contributed by atoms with Gasteiger partial charge in [0.1, 0.15) is 5.69 Å². The van der Waals surface area contributed by atoms with Crippen LogP contribution >= 0.6 is 11.6 Å². The molecule has 0 bridgehead atoms. The minimum absolute atomic E-state index is 0.212. The van der Waals surface area contributed by atoms with Crippen molar-refractivity contribution in [3.8, 4) is 5.69 Å². The highest BCUT2D eigenvalue weighted by Gasteiger charge is 2.23. The van der Waals surface area contributed by atoms with Gasteiger partial charge < -0.3 is 16.4 Å². The minimum Gasteiger partial charge on any atom is -0.394 e. The molecule has 1 aliphatic rings. The molecule has 7 nitrogen and oxygen atoms in total. The first-order chi connectivity index (χ1) is 18.5. The maximum atomic E-state index is 13.2. The first-order valence-corrected chi connectivity index (χ1v) is 13.2. The maximum absolute atomic E-state index is 13.2. The molecule has 0 amide bonds. The lowest BCUT2D eigenvalue weighted by Gasteiger charge is -2.19. The summed E-state index contributed by atoms with van der Waals surface area (Å²) in [7, 11) is 0. The van der Waals surface area contributed by atoms with E-state index in [4.69, 9.17) is 17.3 Å². The Labute approximate surface area is 227 Å². The third-order valence-electron chi connectivity index (χ3n) is 6.68. The van der Waals surface area contributed by atoms with Crippen molar-refractivity contribution in [3.05, 3.63) is 106 Å². The molecule has 194 valence electrons. The van der Waals surface area contributed by atoms with Gasteiger partial charge in [-0.05, 0) is 68.1 Å². The van der Waals surface area contributed by atoms with Crippen molar-refractivity contribution in [1.29, 1.82) is 0 Å². The quantitative estimate of drug-likeness (QED) is 0.191. The number of carbonyl (C=O) groups excluding carboxylic acids is 1. The number of nitrogens with zero attached hydrogens (tertiary/aromatic N) is 3. The number of aromatic nitrogens is 3. The molecule has 0 aliphatic heterocycles. The molecule has 0 radical (unpaired) electrons. The van der Waals surface area contributed by atoms with Gasteiger partial charge in [0.25, 0.3) is 0 Å². The van der Waals surface area contributed by atoms with Crippen molar-refractivity contribution in [2.24, 2.45) is 5.92 Å². The number of halogens is 1. The van der Waals surface area contributed by atoms with Gasteiger partial charge in [-0.3, -0.25) is 9.78 Å². The summed E-state index contributed by atoms with van der Waals surface area (Å²) in [6.07, 6.45) is 8.10. The van der Waals surface area contributed by atoms with Gasteiger partial charge in [-0.15, -0.1) is 0 Å². The van der Waals surface area contributed by atoms with Crippen LogP contribution in [0.2, 0.25) is 5.02 Å². The van der Waals surface area contributed by atoms with Gasteiger partial charge in [0.2, 0.25) is 5.78 Å². The predicted octanol–water partition coefficient (Wildman–Crippen LogP) is 5.32. The summed E-state index contributed by atoms with van der Waals surface area (Å²) in [4.78, 5) is 17.8. The molecule has 2 aromatic carbocycles. The second-order valence-corrected chi connectivity index (χ2v) is 9.98. The molecule has 4 aromatic rings. The van der Waals surface area contributed by atoms with Crippen molar-refractivity contribution in [3.63, 3.8) is 0 Å². The number of carbonyl (C=O) groups is 1. The van der Waals surface area contributed by atoms with Crippen molar-refractivity contribution in [2.75, 3.05) is 30.7 Å². The van der Waals surface area contributed by atoms with Crippen molar-refractivity contribution < 1.29 is 4.79 Å². The lowest BCUT2D eigenvalue weighted by molar-refractivity contribution is 0.103. The Morgan fingerprint density at radius 2 is 1.89 bits per heavy atom. The van der Waals surface area contributed by atoms with Crippen molar-refractivity contribution >= 4 is 35.0 Å². The number of fused-ring (bicyclic) bond motifs is 1. The standard InChI is InChI=1S/C30H31ClN6O/c1-20-5-8-23(9-6-20)29(38)28-27(32)30(37(36-28)25-13-11-24(31)12-14-25)35-17-3-15-33-19-21-7-10-22-4-2-16-34-26(22)18-21/h2,4-14,16,21,33,35H,3,15,17-19,32H2,1H3. The van der Waals surface area contributed by atoms with E-state index in [0.29, 0.717) is 34.6 Å². The van der Waals surface area contributed by atoms with E-state index in [-0.39, 0.29) is 11.5 Å². The van der Waals surface area contributed by atoms with Crippen LogP contribution in [0.4, 0.5) is 11.5 Å². The zero-order chi connectivity index (χ0) is 26.5. The van der Waals surface area contributed by atoms with E-state index < -0.39 is 0 Å². The molecule has 4 N–H and O–H groups in total. The molecule has 0 saturated carbocycles. The Bertz CT molecular complexity index is 1440. The molecule has 0 saturated heterocycles. The second kappa shape index (κ2) is 11.6. The molecule has 2 aromatic heterocycles. The maximum Gasteiger partial charge on any atom is 0.215 e. The average molecular weight is 527 g/mol. The number of rotatable bonds is 10. The topological polar surface area (TPSA) is 97.9 Å². The summed E-state index contributed by atoms with van der Waals surface area (Å²) < 4.78 is 1.68. The number of ketones is 1. The largest absolute Gasteiger partial charge is 0.394 e. The fraction of sp³-hybridized carbons (Fsp3) is 0.233. The normalized spacial score (nSPS) is 14.3. The van der Waals surface area contributed by atoms with E-state index in [1.165, 1.54) is 5.56 Å². The van der Waals surface area contributed by atoms with Crippen LogP contribution in [0.3, 0.4) is 0 Å². The van der Waals surface area contributed by atoms with E-state index >= 15 is 0 Å². The summed E-state index contributed by atoms with van der Waals surface area (Å²) in [5.41, 5.74) is 11.8. The van der Waals surface area contributed by atoms with Crippen LogP contribution in [-0.2, 0) is 6.42 Å². The van der Waals surface area contributed by atoms with Crippen LogP contribution in [0.1, 0.15) is 39.3 Å². The fourth-order valence-electron chi connectivity index (χ4n) is 4.56. The van der Waals surface area contributed by atoms with Gasteiger partial charge >= 0.3 is 0 Å². The lowest BCUT2D eigenvalue weighted by Crippen LogP contribution is -2.26. The number of nitrogens with one attached hydrogen (secondary N) is 2. The van der Waals surface area contributed by atoms with Gasteiger partial charge in [-0.2, -0.15) is 5.10 Å². The number of hydrogen-bond donors (Lipinski definition) is 3. The lowest BCUT2D eigenvalue weighted by atomic mass is 9.93. The Kier molecular flexibility index (Phi) is 7.86. The van der Waals surface area contributed by atoms with Crippen LogP contribution in [0.5, 0.6) is 0 Å². The van der Waals surface area contributed by atoms with Gasteiger partial charge in [-0.1, -0.05) is 59.6 Å².